The highest BCUT2D eigenvalue weighted by molar-refractivity contribution is 6.11. The molecule has 2 aromatic heterocycles. The molecule has 7 aromatic carbocycles. The van der Waals surface area contributed by atoms with Crippen LogP contribution in [-0.4, -0.2) is 9.13 Å². The first-order valence-electron chi connectivity index (χ1n) is 16.3. The van der Waals surface area contributed by atoms with Gasteiger partial charge in [0.1, 0.15) is 0 Å². The van der Waals surface area contributed by atoms with E-state index in [-0.39, 0.29) is 0 Å². The van der Waals surface area contributed by atoms with Gasteiger partial charge in [-0.15, -0.1) is 0 Å². The summed E-state index contributed by atoms with van der Waals surface area (Å²) in [5, 5.41) is 33.8. The van der Waals surface area contributed by atoms with Gasteiger partial charge in [-0.3, -0.25) is 0 Å². The van der Waals surface area contributed by atoms with E-state index in [1.807, 2.05) is 72.8 Å². The fourth-order valence-electron chi connectivity index (χ4n) is 7.37. The fourth-order valence-corrected chi connectivity index (χ4v) is 7.37. The SMILES string of the molecule is N#Cc1ccc2c(c1)c1ccc(C#N)cc1n2-c1ccc(-c2cc(-c3ccccc3-n3c4ccccc4c4ccccc43)ccc2C#N)cc1. The molecule has 5 nitrogen and oxygen atoms in total. The van der Waals surface area contributed by atoms with Crippen LogP contribution in [0.2, 0.25) is 0 Å². The van der Waals surface area contributed by atoms with Gasteiger partial charge in [-0.2, -0.15) is 15.8 Å². The van der Waals surface area contributed by atoms with Crippen LogP contribution in [0.5, 0.6) is 0 Å². The summed E-state index contributed by atoms with van der Waals surface area (Å²) in [7, 11) is 0. The Balaban J connectivity index is 1.19. The molecule has 0 aliphatic carbocycles. The number of benzene rings is 7. The first-order valence-corrected chi connectivity index (χ1v) is 16.3. The summed E-state index contributed by atoms with van der Waals surface area (Å²) in [4.78, 5) is 0. The standard InChI is InChI=1S/C45H25N5/c46-26-29-14-22-44-40(23-29)38-21-13-30(27-47)24-45(38)49(44)34-19-17-31(18-20-34)39-25-32(15-16-33(39)28-48)35-7-1-4-10-41(35)50-42-11-5-2-8-36(42)37-9-3-6-12-43(37)50/h1-25H. The lowest BCUT2D eigenvalue weighted by Crippen LogP contribution is -1.97. The summed E-state index contributed by atoms with van der Waals surface area (Å²) >= 11 is 0. The molecule has 0 fully saturated rings. The van der Waals surface area contributed by atoms with Crippen molar-refractivity contribution >= 4 is 43.6 Å². The van der Waals surface area contributed by atoms with Crippen molar-refractivity contribution in [2.24, 2.45) is 0 Å². The van der Waals surface area contributed by atoms with Gasteiger partial charge in [-0.1, -0.05) is 78.9 Å². The molecule has 50 heavy (non-hydrogen) atoms. The molecule has 0 amide bonds. The number of nitrogens with zero attached hydrogens (tertiary/aromatic N) is 5. The van der Waals surface area contributed by atoms with Gasteiger partial charge in [0.25, 0.3) is 0 Å². The van der Waals surface area contributed by atoms with Crippen molar-refractivity contribution in [2.75, 3.05) is 0 Å². The largest absolute Gasteiger partial charge is 0.309 e. The van der Waals surface area contributed by atoms with Crippen LogP contribution in [0.3, 0.4) is 0 Å². The van der Waals surface area contributed by atoms with Gasteiger partial charge in [0, 0.05) is 38.4 Å². The summed E-state index contributed by atoms with van der Waals surface area (Å²) in [6.45, 7) is 0. The van der Waals surface area contributed by atoms with Gasteiger partial charge in [-0.05, 0) is 83.9 Å². The molecule has 0 atom stereocenters. The van der Waals surface area contributed by atoms with Crippen LogP contribution < -0.4 is 0 Å². The zero-order valence-corrected chi connectivity index (χ0v) is 26.7. The highest BCUT2D eigenvalue weighted by Gasteiger charge is 2.18. The molecular weight excluding hydrogens is 611 g/mol. The van der Waals surface area contributed by atoms with Gasteiger partial charge in [0.15, 0.2) is 0 Å². The highest BCUT2D eigenvalue weighted by atomic mass is 15.0. The summed E-state index contributed by atoms with van der Waals surface area (Å²) in [6.07, 6.45) is 0. The third-order valence-corrected chi connectivity index (χ3v) is 9.64. The van der Waals surface area contributed by atoms with E-state index in [9.17, 15) is 15.8 Å². The lowest BCUT2D eigenvalue weighted by Gasteiger charge is -2.16. The fraction of sp³-hybridized carbons (Fsp3) is 0. The number of nitriles is 3. The predicted molar refractivity (Wildman–Crippen MR) is 200 cm³/mol. The lowest BCUT2D eigenvalue weighted by atomic mass is 9.94. The van der Waals surface area contributed by atoms with Crippen molar-refractivity contribution in [3.63, 3.8) is 0 Å². The van der Waals surface area contributed by atoms with Gasteiger partial charge in [-0.25, -0.2) is 0 Å². The average Bonchev–Trinajstić information content (AvgIpc) is 3.69. The van der Waals surface area contributed by atoms with Crippen LogP contribution in [0.1, 0.15) is 16.7 Å². The molecule has 230 valence electrons. The van der Waals surface area contributed by atoms with E-state index in [4.69, 9.17) is 0 Å². The monoisotopic (exact) mass is 635 g/mol. The summed E-state index contributed by atoms with van der Waals surface area (Å²) in [5.74, 6) is 0. The van der Waals surface area contributed by atoms with E-state index in [2.05, 4.69) is 106 Å². The first-order chi connectivity index (χ1) is 24.7. The van der Waals surface area contributed by atoms with E-state index in [0.717, 1.165) is 66.5 Å². The Morgan fingerprint density at radius 1 is 0.380 bits per heavy atom. The average molecular weight is 636 g/mol. The molecule has 9 aromatic rings. The van der Waals surface area contributed by atoms with Gasteiger partial charge in [0.05, 0.1) is 62.7 Å². The number of aromatic nitrogens is 2. The lowest BCUT2D eigenvalue weighted by molar-refractivity contribution is 1.18. The molecule has 9 rings (SSSR count). The molecule has 0 spiro atoms. The maximum atomic E-state index is 10.2. The van der Waals surface area contributed by atoms with Gasteiger partial charge < -0.3 is 9.13 Å². The molecule has 0 unspecified atom stereocenters. The molecule has 0 saturated carbocycles. The summed E-state index contributed by atoms with van der Waals surface area (Å²) in [6, 6.07) is 57.9. The van der Waals surface area contributed by atoms with Crippen LogP contribution >= 0.6 is 0 Å². The van der Waals surface area contributed by atoms with Crippen LogP contribution in [0, 0.1) is 34.0 Å². The van der Waals surface area contributed by atoms with E-state index in [1.54, 1.807) is 0 Å². The van der Waals surface area contributed by atoms with Crippen molar-refractivity contribution in [3.05, 3.63) is 168 Å². The molecule has 5 heteroatoms. The molecule has 0 aliphatic heterocycles. The van der Waals surface area contributed by atoms with E-state index >= 15 is 0 Å². The number of hydrogen-bond acceptors (Lipinski definition) is 3. The second-order valence-electron chi connectivity index (χ2n) is 12.3. The minimum absolute atomic E-state index is 0.565. The second kappa shape index (κ2) is 11.4. The minimum atomic E-state index is 0.565. The van der Waals surface area contributed by atoms with E-state index < -0.39 is 0 Å². The maximum absolute atomic E-state index is 10.2. The molecule has 0 radical (unpaired) electrons. The minimum Gasteiger partial charge on any atom is -0.309 e. The van der Waals surface area contributed by atoms with Crippen molar-refractivity contribution in [1.82, 2.24) is 9.13 Å². The molecular formula is C45H25N5. The van der Waals surface area contributed by atoms with Crippen molar-refractivity contribution in [2.45, 2.75) is 0 Å². The van der Waals surface area contributed by atoms with Gasteiger partial charge >= 0.3 is 0 Å². The van der Waals surface area contributed by atoms with Crippen LogP contribution in [-0.2, 0) is 0 Å². The third-order valence-electron chi connectivity index (χ3n) is 9.64. The maximum Gasteiger partial charge on any atom is 0.0998 e. The van der Waals surface area contributed by atoms with E-state index in [0.29, 0.717) is 16.7 Å². The molecule has 0 aliphatic rings. The van der Waals surface area contributed by atoms with Crippen LogP contribution in [0.15, 0.2) is 152 Å². The Morgan fingerprint density at radius 3 is 1.70 bits per heavy atom. The van der Waals surface area contributed by atoms with Crippen molar-refractivity contribution in [1.29, 1.82) is 15.8 Å². The molecule has 0 saturated heterocycles. The molecule has 0 bridgehead atoms. The quantitative estimate of drug-likeness (QED) is 0.193. The zero-order chi connectivity index (χ0) is 33.8. The Labute approximate surface area is 287 Å². The highest BCUT2D eigenvalue weighted by Crippen LogP contribution is 2.39. The Bertz CT molecular complexity index is 2900. The normalized spacial score (nSPS) is 11.1. The number of rotatable bonds is 4. The molecule has 0 N–H and O–H groups in total. The number of hydrogen-bond donors (Lipinski definition) is 0. The van der Waals surface area contributed by atoms with Crippen molar-refractivity contribution < 1.29 is 0 Å². The van der Waals surface area contributed by atoms with Crippen LogP contribution in [0.4, 0.5) is 0 Å². The number of fused-ring (bicyclic) bond motifs is 6. The summed E-state index contributed by atoms with van der Waals surface area (Å²) < 4.78 is 4.45. The topological polar surface area (TPSA) is 81.2 Å². The summed E-state index contributed by atoms with van der Waals surface area (Å²) in [5.41, 5.74) is 11.7. The van der Waals surface area contributed by atoms with E-state index in [1.165, 1.54) is 10.8 Å². The third kappa shape index (κ3) is 4.38. The van der Waals surface area contributed by atoms with Crippen LogP contribution in [0.25, 0.3) is 77.2 Å². The van der Waals surface area contributed by atoms with Crippen molar-refractivity contribution in [3.8, 4) is 51.8 Å². The Hall–Kier alpha value is -7.39. The zero-order valence-electron chi connectivity index (χ0n) is 26.7. The second-order valence-corrected chi connectivity index (χ2v) is 12.3. The predicted octanol–water partition coefficient (Wildman–Crippen LogP) is 10.8. The molecule has 2 heterocycles. The Morgan fingerprint density at radius 2 is 0.980 bits per heavy atom. The Kier molecular flexibility index (Phi) is 6.56. The smallest absolute Gasteiger partial charge is 0.0998 e. The number of para-hydroxylation sites is 3. The van der Waals surface area contributed by atoms with Gasteiger partial charge in [0.2, 0.25) is 0 Å². The first kappa shape index (κ1) is 28.8.